The van der Waals surface area contributed by atoms with Gasteiger partial charge in [-0.25, -0.2) is 18.0 Å². The summed E-state index contributed by atoms with van der Waals surface area (Å²) in [6.45, 7) is 0. The van der Waals surface area contributed by atoms with Gasteiger partial charge >= 0.3 is 5.97 Å². The first-order valence-electron chi connectivity index (χ1n) is 5.08. The number of rotatable bonds is 2. The van der Waals surface area contributed by atoms with Gasteiger partial charge in [-0.1, -0.05) is 17.7 Å². The highest BCUT2D eigenvalue weighted by molar-refractivity contribution is 6.33. The third-order valence-corrected chi connectivity index (χ3v) is 2.82. The highest BCUT2D eigenvalue weighted by Crippen LogP contribution is 2.30. The number of benzene rings is 2. The predicted octanol–water partition coefficient (Wildman–Crippen LogP) is 4.12. The first-order chi connectivity index (χ1) is 8.90. The fourth-order valence-corrected chi connectivity index (χ4v) is 1.86. The molecule has 0 amide bonds. The summed E-state index contributed by atoms with van der Waals surface area (Å²) >= 11 is 5.66. The Morgan fingerprint density at radius 2 is 1.63 bits per heavy atom. The van der Waals surface area contributed by atoms with Crippen molar-refractivity contribution < 1.29 is 23.1 Å². The van der Waals surface area contributed by atoms with Crippen LogP contribution in [0.15, 0.2) is 30.3 Å². The van der Waals surface area contributed by atoms with Crippen LogP contribution in [0.5, 0.6) is 0 Å². The average Bonchev–Trinajstić information content (AvgIpc) is 2.29. The Labute approximate surface area is 111 Å². The number of carboxylic acid groups (broad SMARTS) is 1. The van der Waals surface area contributed by atoms with Crippen LogP contribution in [0.2, 0.25) is 5.02 Å². The molecule has 2 aromatic rings. The molecule has 19 heavy (non-hydrogen) atoms. The van der Waals surface area contributed by atoms with Gasteiger partial charge in [-0.2, -0.15) is 0 Å². The number of halogens is 4. The molecule has 98 valence electrons. The van der Waals surface area contributed by atoms with E-state index in [-0.39, 0.29) is 16.1 Å². The van der Waals surface area contributed by atoms with E-state index in [1.165, 1.54) is 12.1 Å². The van der Waals surface area contributed by atoms with Crippen molar-refractivity contribution >= 4 is 17.6 Å². The molecule has 2 nitrogen and oxygen atoms in total. The minimum atomic E-state index is -1.32. The zero-order chi connectivity index (χ0) is 14.2. The number of hydrogen-bond acceptors (Lipinski definition) is 1. The molecule has 0 unspecified atom stereocenters. The van der Waals surface area contributed by atoms with E-state index in [4.69, 9.17) is 16.7 Å². The summed E-state index contributed by atoms with van der Waals surface area (Å²) in [7, 11) is 0. The third kappa shape index (κ3) is 2.56. The fraction of sp³-hybridized carbons (Fsp3) is 0. The van der Waals surface area contributed by atoms with Crippen molar-refractivity contribution in [2.24, 2.45) is 0 Å². The van der Waals surface area contributed by atoms with Crippen LogP contribution in [0.3, 0.4) is 0 Å². The van der Waals surface area contributed by atoms with Crippen molar-refractivity contribution in [1.82, 2.24) is 0 Å². The van der Waals surface area contributed by atoms with Crippen molar-refractivity contribution in [3.63, 3.8) is 0 Å². The standard InChI is InChI=1S/C13H6ClF3O2/c14-9-2-1-6(3-8(9)13(18)19)12-10(16)4-7(15)5-11(12)17/h1-5H,(H,18,19). The fourth-order valence-electron chi connectivity index (χ4n) is 1.66. The highest BCUT2D eigenvalue weighted by Gasteiger charge is 2.16. The van der Waals surface area contributed by atoms with Gasteiger partial charge in [0.15, 0.2) is 0 Å². The normalized spacial score (nSPS) is 10.5. The van der Waals surface area contributed by atoms with Crippen molar-refractivity contribution in [3.05, 3.63) is 58.4 Å². The number of aromatic carboxylic acids is 1. The second-order valence-corrected chi connectivity index (χ2v) is 4.15. The summed E-state index contributed by atoms with van der Waals surface area (Å²) in [4.78, 5) is 10.9. The molecule has 0 spiro atoms. The smallest absolute Gasteiger partial charge is 0.337 e. The van der Waals surface area contributed by atoms with Crippen molar-refractivity contribution in [3.8, 4) is 11.1 Å². The van der Waals surface area contributed by atoms with Crippen LogP contribution >= 0.6 is 11.6 Å². The second kappa shape index (κ2) is 4.93. The molecule has 0 atom stereocenters. The minimum absolute atomic E-state index is 0.0307. The van der Waals surface area contributed by atoms with Gasteiger partial charge in [0.2, 0.25) is 0 Å². The number of carbonyl (C=O) groups is 1. The first kappa shape index (κ1) is 13.4. The van der Waals surface area contributed by atoms with E-state index in [0.29, 0.717) is 12.1 Å². The Morgan fingerprint density at radius 3 is 2.16 bits per heavy atom. The molecule has 2 rings (SSSR count). The summed E-state index contributed by atoms with van der Waals surface area (Å²) in [5, 5.41) is 8.83. The van der Waals surface area contributed by atoms with Crippen LogP contribution in [0.25, 0.3) is 11.1 Å². The van der Waals surface area contributed by atoms with Gasteiger partial charge in [-0.3, -0.25) is 0 Å². The van der Waals surface area contributed by atoms with Crippen molar-refractivity contribution in [2.75, 3.05) is 0 Å². The van der Waals surface area contributed by atoms with E-state index < -0.39 is 29.0 Å². The number of carboxylic acids is 1. The maximum atomic E-state index is 13.6. The van der Waals surface area contributed by atoms with Crippen LogP contribution in [0, 0.1) is 17.5 Å². The maximum Gasteiger partial charge on any atom is 0.337 e. The lowest BCUT2D eigenvalue weighted by atomic mass is 10.0. The van der Waals surface area contributed by atoms with Gasteiger partial charge < -0.3 is 5.11 Å². The topological polar surface area (TPSA) is 37.3 Å². The molecule has 0 aliphatic heterocycles. The third-order valence-electron chi connectivity index (χ3n) is 2.49. The Kier molecular flexibility index (Phi) is 3.48. The molecule has 0 radical (unpaired) electrons. The molecular formula is C13H6ClF3O2. The largest absolute Gasteiger partial charge is 0.478 e. The predicted molar refractivity (Wildman–Crippen MR) is 63.7 cm³/mol. The Bertz CT molecular complexity index is 648. The van der Waals surface area contributed by atoms with Crippen molar-refractivity contribution in [2.45, 2.75) is 0 Å². The zero-order valence-corrected chi connectivity index (χ0v) is 10.0. The summed E-state index contributed by atoms with van der Waals surface area (Å²) in [6, 6.07) is 4.54. The molecule has 0 saturated heterocycles. The zero-order valence-electron chi connectivity index (χ0n) is 9.25. The molecule has 0 aromatic heterocycles. The molecule has 0 saturated carbocycles. The first-order valence-corrected chi connectivity index (χ1v) is 5.45. The molecule has 1 N–H and O–H groups in total. The second-order valence-electron chi connectivity index (χ2n) is 3.74. The van der Waals surface area contributed by atoms with Crippen molar-refractivity contribution in [1.29, 1.82) is 0 Å². The molecule has 0 bridgehead atoms. The molecule has 0 fully saturated rings. The molecule has 0 aliphatic carbocycles. The summed E-state index contributed by atoms with van der Waals surface area (Å²) in [5.74, 6) is -4.60. The van der Waals surface area contributed by atoms with Crippen LogP contribution < -0.4 is 0 Å². The van der Waals surface area contributed by atoms with E-state index in [0.717, 1.165) is 6.07 Å². The van der Waals surface area contributed by atoms with E-state index in [1.54, 1.807) is 0 Å². The van der Waals surface area contributed by atoms with Gasteiger partial charge in [0, 0.05) is 12.1 Å². The molecule has 0 aliphatic rings. The SMILES string of the molecule is O=C(O)c1cc(-c2c(F)cc(F)cc2F)ccc1Cl. The minimum Gasteiger partial charge on any atom is -0.478 e. The van der Waals surface area contributed by atoms with E-state index in [9.17, 15) is 18.0 Å². The number of hydrogen-bond donors (Lipinski definition) is 1. The van der Waals surface area contributed by atoms with Gasteiger partial charge in [0.1, 0.15) is 17.5 Å². The van der Waals surface area contributed by atoms with Crippen LogP contribution in [-0.2, 0) is 0 Å². The molecular weight excluding hydrogens is 281 g/mol. The van der Waals surface area contributed by atoms with E-state index in [2.05, 4.69) is 0 Å². The maximum absolute atomic E-state index is 13.6. The highest BCUT2D eigenvalue weighted by atomic mass is 35.5. The van der Waals surface area contributed by atoms with Crippen LogP contribution in [0.1, 0.15) is 10.4 Å². The van der Waals surface area contributed by atoms with Gasteiger partial charge in [0.25, 0.3) is 0 Å². The summed E-state index contributed by atoms with van der Waals surface area (Å²) < 4.78 is 39.9. The summed E-state index contributed by atoms with van der Waals surface area (Å²) in [6.07, 6.45) is 0. The quantitative estimate of drug-likeness (QED) is 0.901. The summed E-state index contributed by atoms with van der Waals surface area (Å²) in [5.41, 5.74) is -0.820. The van der Waals surface area contributed by atoms with Gasteiger partial charge in [-0.05, 0) is 17.7 Å². The van der Waals surface area contributed by atoms with E-state index in [1.807, 2.05) is 0 Å². The van der Waals surface area contributed by atoms with Gasteiger partial charge in [0.05, 0.1) is 16.1 Å². The Hall–Kier alpha value is -2.01. The Balaban J connectivity index is 2.66. The van der Waals surface area contributed by atoms with Crippen LogP contribution in [0.4, 0.5) is 13.2 Å². The lowest BCUT2D eigenvalue weighted by Crippen LogP contribution is -1.99. The van der Waals surface area contributed by atoms with Gasteiger partial charge in [-0.15, -0.1) is 0 Å². The monoisotopic (exact) mass is 286 g/mol. The lowest BCUT2D eigenvalue weighted by Gasteiger charge is -2.07. The molecule has 2 aromatic carbocycles. The molecule has 0 heterocycles. The Morgan fingerprint density at radius 1 is 1.05 bits per heavy atom. The average molecular weight is 287 g/mol. The molecule has 6 heteroatoms. The van der Waals surface area contributed by atoms with Crippen LogP contribution in [-0.4, -0.2) is 11.1 Å². The lowest BCUT2D eigenvalue weighted by molar-refractivity contribution is 0.0697. The van der Waals surface area contributed by atoms with E-state index >= 15 is 0 Å².